The number of anilines is 1. The van der Waals surface area contributed by atoms with Crippen LogP contribution in [0, 0.1) is 0 Å². The van der Waals surface area contributed by atoms with E-state index in [9.17, 15) is 9.59 Å². The van der Waals surface area contributed by atoms with Crippen LogP contribution in [0.4, 0.5) is 5.69 Å². The van der Waals surface area contributed by atoms with Gasteiger partial charge in [0.05, 0.1) is 12.2 Å². The van der Waals surface area contributed by atoms with Crippen molar-refractivity contribution < 1.29 is 9.59 Å². The first-order chi connectivity index (χ1) is 12.0. The molecule has 0 fully saturated rings. The minimum atomic E-state index is -0.205. The highest BCUT2D eigenvalue weighted by Crippen LogP contribution is 2.24. The Kier molecular flexibility index (Phi) is 7.34. The van der Waals surface area contributed by atoms with Gasteiger partial charge in [-0.2, -0.15) is 0 Å². The lowest BCUT2D eigenvalue weighted by Gasteiger charge is -2.17. The third-order valence-electron chi connectivity index (χ3n) is 3.73. The van der Waals surface area contributed by atoms with Crippen molar-refractivity contribution in [2.45, 2.75) is 17.7 Å². The molecule has 0 aliphatic carbocycles. The van der Waals surface area contributed by atoms with Crippen LogP contribution in [0.2, 0.25) is 5.02 Å². The van der Waals surface area contributed by atoms with Gasteiger partial charge in [0, 0.05) is 23.4 Å². The molecule has 0 saturated heterocycles. The first-order valence-corrected chi connectivity index (χ1v) is 9.51. The van der Waals surface area contributed by atoms with Crippen molar-refractivity contribution in [2.24, 2.45) is 0 Å². The van der Waals surface area contributed by atoms with E-state index in [1.54, 1.807) is 18.8 Å². The number of benzene rings is 2. The van der Waals surface area contributed by atoms with E-state index in [-0.39, 0.29) is 18.4 Å². The van der Waals surface area contributed by atoms with Crippen LogP contribution in [-0.2, 0) is 16.0 Å². The molecule has 2 rings (SSSR count). The van der Waals surface area contributed by atoms with Crippen molar-refractivity contribution in [3.05, 3.63) is 59.1 Å². The second-order valence-corrected chi connectivity index (χ2v) is 6.91. The summed E-state index contributed by atoms with van der Waals surface area (Å²) in [5.74, 6) is -0.271. The second-order valence-electron chi connectivity index (χ2n) is 5.62. The molecule has 4 nitrogen and oxygen atoms in total. The van der Waals surface area contributed by atoms with E-state index in [1.165, 1.54) is 4.90 Å². The first-order valence-electron chi connectivity index (χ1n) is 7.91. The number of hydrogen-bond donors (Lipinski definition) is 1. The summed E-state index contributed by atoms with van der Waals surface area (Å²) in [7, 11) is 1.64. The average molecular weight is 377 g/mol. The molecule has 2 amide bonds. The summed E-state index contributed by atoms with van der Waals surface area (Å²) < 4.78 is 0. The fraction of sp³-hybridized carbons (Fsp3) is 0.263. The van der Waals surface area contributed by atoms with E-state index in [0.717, 1.165) is 16.1 Å². The zero-order chi connectivity index (χ0) is 18.2. The van der Waals surface area contributed by atoms with E-state index in [2.05, 4.69) is 5.32 Å². The standard InChI is InChI=1S/C19H21ClN2O2S/c1-22(19(24)12-9-14-7-10-15(20)11-8-14)13-18(23)21-16-5-3-4-6-17(16)25-2/h3-8,10-11H,9,12-13H2,1-2H3,(H,21,23). The lowest BCUT2D eigenvalue weighted by Crippen LogP contribution is -2.35. The van der Waals surface area contributed by atoms with E-state index in [4.69, 9.17) is 11.6 Å². The van der Waals surface area contributed by atoms with E-state index >= 15 is 0 Å². The molecule has 25 heavy (non-hydrogen) atoms. The number of carbonyl (C=O) groups excluding carboxylic acids is 2. The maximum atomic E-state index is 12.2. The summed E-state index contributed by atoms with van der Waals surface area (Å²) in [6.07, 6.45) is 2.93. The number of carbonyl (C=O) groups is 2. The Morgan fingerprint density at radius 1 is 1.12 bits per heavy atom. The number of amides is 2. The van der Waals surface area contributed by atoms with Gasteiger partial charge < -0.3 is 10.2 Å². The van der Waals surface area contributed by atoms with Crippen LogP contribution in [0.15, 0.2) is 53.4 Å². The highest BCUT2D eigenvalue weighted by Gasteiger charge is 2.14. The Hall–Kier alpha value is -1.98. The summed E-state index contributed by atoms with van der Waals surface area (Å²) >= 11 is 7.41. The molecule has 0 heterocycles. The molecular weight excluding hydrogens is 356 g/mol. The van der Waals surface area contributed by atoms with Crippen molar-refractivity contribution in [2.75, 3.05) is 25.2 Å². The van der Waals surface area contributed by atoms with Gasteiger partial charge in [-0.3, -0.25) is 9.59 Å². The van der Waals surface area contributed by atoms with Crippen molar-refractivity contribution in [3.8, 4) is 0 Å². The minimum Gasteiger partial charge on any atom is -0.336 e. The lowest BCUT2D eigenvalue weighted by molar-refractivity contribution is -0.133. The predicted octanol–water partition coefficient (Wildman–Crippen LogP) is 4.09. The van der Waals surface area contributed by atoms with Crippen LogP contribution < -0.4 is 5.32 Å². The monoisotopic (exact) mass is 376 g/mol. The van der Waals surface area contributed by atoms with Crippen LogP contribution in [-0.4, -0.2) is 36.6 Å². The van der Waals surface area contributed by atoms with E-state index < -0.39 is 0 Å². The number of rotatable bonds is 7. The summed E-state index contributed by atoms with van der Waals surface area (Å²) in [6, 6.07) is 15.0. The molecule has 6 heteroatoms. The average Bonchev–Trinajstić information content (AvgIpc) is 2.61. The molecule has 1 N–H and O–H groups in total. The van der Waals surface area contributed by atoms with Crippen LogP contribution in [0.3, 0.4) is 0 Å². The topological polar surface area (TPSA) is 49.4 Å². The smallest absolute Gasteiger partial charge is 0.244 e. The molecule has 0 aliphatic rings. The molecular formula is C19H21ClN2O2S. The SMILES string of the molecule is CSc1ccccc1NC(=O)CN(C)C(=O)CCc1ccc(Cl)cc1. The molecule has 0 aromatic heterocycles. The zero-order valence-corrected chi connectivity index (χ0v) is 15.9. The molecule has 0 radical (unpaired) electrons. The number of nitrogens with zero attached hydrogens (tertiary/aromatic N) is 1. The van der Waals surface area contributed by atoms with Crippen LogP contribution in [0.5, 0.6) is 0 Å². The van der Waals surface area contributed by atoms with Crippen molar-refractivity contribution in [1.82, 2.24) is 4.90 Å². The van der Waals surface area contributed by atoms with E-state index in [1.807, 2.05) is 54.8 Å². The van der Waals surface area contributed by atoms with Crippen molar-refractivity contribution in [1.29, 1.82) is 0 Å². The Labute approximate surface area is 157 Å². The number of aryl methyl sites for hydroxylation is 1. The van der Waals surface area contributed by atoms with Gasteiger partial charge in [-0.25, -0.2) is 0 Å². The predicted molar refractivity (Wildman–Crippen MR) is 104 cm³/mol. The molecule has 0 aliphatic heterocycles. The van der Waals surface area contributed by atoms with Crippen molar-refractivity contribution >= 4 is 40.9 Å². The Bertz CT molecular complexity index is 734. The summed E-state index contributed by atoms with van der Waals surface area (Å²) in [5.41, 5.74) is 1.81. The Morgan fingerprint density at radius 2 is 1.80 bits per heavy atom. The zero-order valence-electron chi connectivity index (χ0n) is 14.3. The van der Waals surface area contributed by atoms with Gasteiger partial charge in [-0.15, -0.1) is 11.8 Å². The Balaban J connectivity index is 1.83. The molecule has 0 unspecified atom stereocenters. The number of likely N-dealkylation sites (N-methyl/N-ethyl adjacent to an activating group) is 1. The molecule has 132 valence electrons. The normalized spacial score (nSPS) is 10.4. The van der Waals surface area contributed by atoms with Crippen LogP contribution in [0.1, 0.15) is 12.0 Å². The highest BCUT2D eigenvalue weighted by molar-refractivity contribution is 7.98. The summed E-state index contributed by atoms with van der Waals surface area (Å²) in [6.45, 7) is 0.0299. The summed E-state index contributed by atoms with van der Waals surface area (Å²) in [5, 5.41) is 3.53. The van der Waals surface area contributed by atoms with Crippen LogP contribution >= 0.6 is 23.4 Å². The lowest BCUT2D eigenvalue weighted by atomic mass is 10.1. The highest BCUT2D eigenvalue weighted by atomic mass is 35.5. The Morgan fingerprint density at radius 3 is 2.48 bits per heavy atom. The van der Waals surface area contributed by atoms with Gasteiger partial charge in [0.1, 0.15) is 0 Å². The van der Waals surface area contributed by atoms with Gasteiger partial charge in [-0.1, -0.05) is 35.9 Å². The van der Waals surface area contributed by atoms with Crippen molar-refractivity contribution in [3.63, 3.8) is 0 Å². The number of thioether (sulfide) groups is 1. The first kappa shape index (κ1) is 19.3. The maximum absolute atomic E-state index is 12.2. The quantitative estimate of drug-likeness (QED) is 0.740. The maximum Gasteiger partial charge on any atom is 0.244 e. The molecule has 0 atom stereocenters. The number of para-hydroxylation sites is 1. The van der Waals surface area contributed by atoms with E-state index in [0.29, 0.717) is 17.9 Å². The third kappa shape index (κ3) is 6.11. The minimum absolute atomic E-state index is 0.0299. The van der Waals surface area contributed by atoms with Gasteiger partial charge in [0.25, 0.3) is 0 Å². The number of halogens is 1. The molecule has 0 bridgehead atoms. The fourth-order valence-corrected chi connectivity index (χ4v) is 3.01. The molecule has 2 aromatic rings. The molecule has 0 saturated carbocycles. The van der Waals surface area contributed by atoms with Gasteiger partial charge in [0.15, 0.2) is 0 Å². The molecule has 2 aromatic carbocycles. The number of nitrogens with one attached hydrogen (secondary N) is 1. The van der Waals surface area contributed by atoms with Crippen LogP contribution in [0.25, 0.3) is 0 Å². The second kappa shape index (κ2) is 9.49. The summed E-state index contributed by atoms with van der Waals surface area (Å²) in [4.78, 5) is 26.8. The van der Waals surface area contributed by atoms with Gasteiger partial charge in [0.2, 0.25) is 11.8 Å². The number of hydrogen-bond acceptors (Lipinski definition) is 3. The third-order valence-corrected chi connectivity index (χ3v) is 4.78. The largest absolute Gasteiger partial charge is 0.336 e. The fourth-order valence-electron chi connectivity index (χ4n) is 2.33. The van der Waals surface area contributed by atoms with Gasteiger partial charge in [-0.05, 0) is 42.5 Å². The van der Waals surface area contributed by atoms with Gasteiger partial charge >= 0.3 is 0 Å². The molecule has 0 spiro atoms.